The summed E-state index contributed by atoms with van der Waals surface area (Å²) in [6.45, 7) is 12.1. The molecule has 0 aromatic rings. The average molecular weight is 327 g/mol. The third kappa shape index (κ3) is 6.38. The van der Waals surface area contributed by atoms with Crippen LogP contribution in [0.5, 0.6) is 0 Å². The highest BCUT2D eigenvalue weighted by atomic mass is 16.7. The van der Waals surface area contributed by atoms with E-state index in [9.17, 15) is 0 Å². The second-order valence-electron chi connectivity index (χ2n) is 7.43. The minimum Gasteiger partial charge on any atom is -0.350 e. The highest BCUT2D eigenvalue weighted by Crippen LogP contribution is 2.47. The molecule has 0 aromatic heterocycles. The van der Waals surface area contributed by atoms with Gasteiger partial charge in [-0.15, -0.1) is 0 Å². The van der Waals surface area contributed by atoms with Crippen molar-refractivity contribution in [2.24, 2.45) is 5.41 Å². The van der Waals surface area contributed by atoms with Gasteiger partial charge in [0.05, 0.1) is 6.10 Å². The van der Waals surface area contributed by atoms with E-state index in [1.165, 1.54) is 64.2 Å². The molecular weight excluding hydrogens is 284 g/mol. The summed E-state index contributed by atoms with van der Waals surface area (Å²) in [4.78, 5) is 0. The van der Waals surface area contributed by atoms with Gasteiger partial charge in [-0.05, 0) is 38.0 Å². The molecule has 1 fully saturated rings. The molecule has 0 bridgehead atoms. The predicted octanol–water partition coefficient (Wildman–Crippen LogP) is 6.87. The lowest BCUT2D eigenvalue weighted by molar-refractivity contribution is -0.221. The van der Waals surface area contributed by atoms with E-state index in [2.05, 4.69) is 34.6 Å². The molecule has 0 aliphatic heterocycles. The van der Waals surface area contributed by atoms with Crippen molar-refractivity contribution < 1.29 is 9.47 Å². The lowest BCUT2D eigenvalue weighted by atomic mass is 9.73. The van der Waals surface area contributed by atoms with Crippen LogP contribution >= 0.6 is 0 Å². The second-order valence-corrected chi connectivity index (χ2v) is 7.43. The zero-order valence-corrected chi connectivity index (χ0v) is 16.6. The van der Waals surface area contributed by atoms with E-state index in [4.69, 9.17) is 9.47 Å². The Morgan fingerprint density at radius 3 is 1.87 bits per heavy atom. The van der Waals surface area contributed by atoms with E-state index in [0.717, 1.165) is 19.4 Å². The van der Waals surface area contributed by atoms with Crippen molar-refractivity contribution in [3.63, 3.8) is 0 Å². The molecule has 1 aliphatic rings. The van der Waals surface area contributed by atoms with Crippen LogP contribution in [0, 0.1) is 5.41 Å². The van der Waals surface area contributed by atoms with Gasteiger partial charge in [0.1, 0.15) is 0 Å². The number of unbranched alkanes of at least 4 members (excludes halogenated alkanes) is 5. The van der Waals surface area contributed by atoms with Gasteiger partial charge in [0, 0.05) is 19.4 Å². The molecule has 23 heavy (non-hydrogen) atoms. The van der Waals surface area contributed by atoms with Gasteiger partial charge in [0.25, 0.3) is 0 Å². The molecule has 0 amide bonds. The molecule has 0 saturated heterocycles. The van der Waals surface area contributed by atoms with E-state index in [1.807, 2.05) is 0 Å². The normalized spacial score (nSPS) is 18.1. The second kappa shape index (κ2) is 10.7. The maximum Gasteiger partial charge on any atom is 0.169 e. The molecule has 0 N–H and O–H groups in total. The Balaban J connectivity index is 2.58. The van der Waals surface area contributed by atoms with Gasteiger partial charge in [-0.2, -0.15) is 0 Å². The summed E-state index contributed by atoms with van der Waals surface area (Å²) in [5.41, 5.74) is 0.329. The van der Waals surface area contributed by atoms with E-state index < -0.39 is 0 Å². The molecule has 2 heteroatoms. The molecule has 0 aromatic carbocycles. The molecule has 0 heterocycles. The first-order chi connectivity index (χ1) is 11.1. The topological polar surface area (TPSA) is 18.5 Å². The van der Waals surface area contributed by atoms with Crippen LogP contribution in [0.1, 0.15) is 112 Å². The molecule has 2 nitrogen and oxygen atoms in total. The molecule has 1 unspecified atom stereocenters. The van der Waals surface area contributed by atoms with Crippen LogP contribution in [0.25, 0.3) is 0 Å². The van der Waals surface area contributed by atoms with Crippen LogP contribution in [0.3, 0.4) is 0 Å². The summed E-state index contributed by atoms with van der Waals surface area (Å²) in [6, 6.07) is 0. The lowest BCUT2D eigenvalue weighted by Crippen LogP contribution is -2.40. The summed E-state index contributed by atoms with van der Waals surface area (Å²) >= 11 is 0. The Morgan fingerprint density at radius 2 is 1.39 bits per heavy atom. The fourth-order valence-electron chi connectivity index (χ4n) is 3.95. The summed E-state index contributed by atoms with van der Waals surface area (Å²) in [6.07, 6.45) is 15.5. The van der Waals surface area contributed by atoms with Crippen molar-refractivity contribution in [3.05, 3.63) is 0 Å². The Morgan fingerprint density at radius 1 is 0.826 bits per heavy atom. The number of hydrogen-bond acceptors (Lipinski definition) is 2. The van der Waals surface area contributed by atoms with Gasteiger partial charge in [0.2, 0.25) is 0 Å². The van der Waals surface area contributed by atoms with Crippen LogP contribution < -0.4 is 0 Å². The first kappa shape index (κ1) is 21.0. The summed E-state index contributed by atoms with van der Waals surface area (Å²) in [5.74, 6) is -0.230. The summed E-state index contributed by atoms with van der Waals surface area (Å²) in [5, 5.41) is 0. The Kier molecular flexibility index (Phi) is 9.77. The van der Waals surface area contributed by atoms with Gasteiger partial charge in [-0.3, -0.25) is 0 Å². The molecule has 1 saturated carbocycles. The van der Waals surface area contributed by atoms with Gasteiger partial charge in [0.15, 0.2) is 5.79 Å². The van der Waals surface area contributed by atoms with Crippen LogP contribution in [-0.2, 0) is 9.47 Å². The van der Waals surface area contributed by atoms with Gasteiger partial charge in [-0.25, -0.2) is 0 Å². The average Bonchev–Trinajstić information content (AvgIpc) is 3.32. The first-order valence-electron chi connectivity index (χ1n) is 10.4. The number of rotatable bonds is 15. The zero-order chi connectivity index (χ0) is 17.2. The van der Waals surface area contributed by atoms with Crippen LogP contribution in [0.4, 0.5) is 0 Å². The minimum atomic E-state index is -0.230. The van der Waals surface area contributed by atoms with Crippen LogP contribution in [0.2, 0.25) is 0 Å². The number of ether oxygens (including phenoxy) is 2. The maximum absolute atomic E-state index is 6.63. The third-order valence-corrected chi connectivity index (χ3v) is 6.04. The van der Waals surface area contributed by atoms with E-state index in [-0.39, 0.29) is 5.79 Å². The molecule has 0 radical (unpaired) electrons. The Bertz CT molecular complexity index is 284. The molecular formula is C21H42O2. The van der Waals surface area contributed by atoms with Crippen molar-refractivity contribution >= 4 is 0 Å². The molecule has 1 aliphatic carbocycles. The zero-order valence-electron chi connectivity index (χ0n) is 16.6. The summed E-state index contributed by atoms with van der Waals surface area (Å²) < 4.78 is 12.6. The lowest BCUT2D eigenvalue weighted by Gasteiger charge is -2.41. The highest BCUT2D eigenvalue weighted by Gasteiger charge is 2.50. The highest BCUT2D eigenvalue weighted by molar-refractivity contribution is 4.92. The van der Waals surface area contributed by atoms with Crippen molar-refractivity contribution in [2.45, 2.75) is 124 Å². The fourth-order valence-corrected chi connectivity index (χ4v) is 3.95. The van der Waals surface area contributed by atoms with Gasteiger partial charge < -0.3 is 9.47 Å². The largest absolute Gasteiger partial charge is 0.350 e. The standard InChI is InChI=1S/C21H42O2/c1-6-11-12-13-14-15-16-19(20(7-2,8-3)9-4)23-21(17-18-21)22-10-5/h19H,6-18H2,1-5H3. The van der Waals surface area contributed by atoms with Crippen LogP contribution in [0.15, 0.2) is 0 Å². The smallest absolute Gasteiger partial charge is 0.169 e. The minimum absolute atomic E-state index is 0.230. The fraction of sp³-hybridized carbons (Fsp3) is 1.00. The van der Waals surface area contributed by atoms with E-state index >= 15 is 0 Å². The summed E-state index contributed by atoms with van der Waals surface area (Å²) in [7, 11) is 0. The molecule has 138 valence electrons. The quantitative estimate of drug-likeness (QED) is 0.241. The molecule has 1 rings (SSSR count). The van der Waals surface area contributed by atoms with E-state index in [0.29, 0.717) is 11.5 Å². The van der Waals surface area contributed by atoms with Crippen molar-refractivity contribution in [1.82, 2.24) is 0 Å². The van der Waals surface area contributed by atoms with Crippen molar-refractivity contribution in [1.29, 1.82) is 0 Å². The first-order valence-corrected chi connectivity index (χ1v) is 10.4. The monoisotopic (exact) mass is 326 g/mol. The molecule has 0 spiro atoms. The third-order valence-electron chi connectivity index (χ3n) is 6.04. The SMILES string of the molecule is CCCCCCCCC(OC1(OCC)CC1)C(CC)(CC)CC. The predicted molar refractivity (Wildman–Crippen MR) is 99.8 cm³/mol. The van der Waals surface area contributed by atoms with E-state index in [1.54, 1.807) is 0 Å². The van der Waals surface area contributed by atoms with Crippen molar-refractivity contribution in [3.8, 4) is 0 Å². The maximum atomic E-state index is 6.63. The van der Waals surface area contributed by atoms with Crippen LogP contribution in [-0.4, -0.2) is 18.5 Å². The Labute approximate surface area is 145 Å². The molecule has 1 atom stereocenters. The number of hydrogen-bond donors (Lipinski definition) is 0. The van der Waals surface area contributed by atoms with Gasteiger partial charge >= 0.3 is 0 Å². The Hall–Kier alpha value is -0.0800. The van der Waals surface area contributed by atoms with Gasteiger partial charge in [-0.1, -0.05) is 66.2 Å². The van der Waals surface area contributed by atoms with Crippen molar-refractivity contribution in [2.75, 3.05) is 6.61 Å².